The van der Waals surface area contributed by atoms with Crippen LogP contribution in [0.15, 0.2) is 115 Å². The zero-order chi connectivity index (χ0) is 27.9. The Hall–Kier alpha value is -3.77. The van der Waals surface area contributed by atoms with E-state index in [1.807, 2.05) is 17.0 Å². The van der Waals surface area contributed by atoms with Crippen LogP contribution in [0.5, 0.6) is 0 Å². The highest BCUT2D eigenvalue weighted by Crippen LogP contribution is 2.29. The van der Waals surface area contributed by atoms with E-state index < -0.39 is 0 Å². The first-order valence-electron chi connectivity index (χ1n) is 14.9. The fourth-order valence-electron chi connectivity index (χ4n) is 6.21. The summed E-state index contributed by atoms with van der Waals surface area (Å²) >= 11 is 0. The van der Waals surface area contributed by atoms with E-state index in [0.29, 0.717) is 0 Å². The smallest absolute Gasteiger partial charge is 0.253 e. The van der Waals surface area contributed by atoms with Gasteiger partial charge in [0, 0.05) is 71.0 Å². The number of hydrogen-bond acceptors (Lipinski definition) is 4. The van der Waals surface area contributed by atoms with Gasteiger partial charge in [-0.2, -0.15) is 0 Å². The Labute approximate surface area is 244 Å². The second-order valence-electron chi connectivity index (χ2n) is 11.3. The summed E-state index contributed by atoms with van der Waals surface area (Å²) in [6.07, 6.45) is 0. The van der Waals surface area contributed by atoms with Crippen molar-refractivity contribution in [2.75, 3.05) is 52.4 Å². The third kappa shape index (κ3) is 6.94. The van der Waals surface area contributed by atoms with Crippen LogP contribution in [0.1, 0.15) is 38.7 Å². The second kappa shape index (κ2) is 13.3. The molecule has 0 spiro atoms. The first-order chi connectivity index (χ1) is 20.2. The maximum atomic E-state index is 13.4. The molecule has 2 aliphatic heterocycles. The fourth-order valence-corrected chi connectivity index (χ4v) is 6.21. The van der Waals surface area contributed by atoms with Crippen molar-refractivity contribution < 1.29 is 4.79 Å². The molecule has 2 saturated heterocycles. The Morgan fingerprint density at radius 1 is 0.512 bits per heavy atom. The third-order valence-electron chi connectivity index (χ3n) is 8.52. The fraction of sp³-hybridized carbons (Fsp3) is 0.306. The number of carbonyl (C=O) groups excluding carboxylic acids is 1. The maximum Gasteiger partial charge on any atom is 0.253 e. The van der Waals surface area contributed by atoms with Crippen LogP contribution < -0.4 is 0 Å². The predicted molar refractivity (Wildman–Crippen MR) is 166 cm³/mol. The zero-order valence-electron chi connectivity index (χ0n) is 23.8. The van der Waals surface area contributed by atoms with Crippen LogP contribution in [0.4, 0.5) is 0 Å². The first kappa shape index (κ1) is 27.4. The Kier molecular flexibility index (Phi) is 8.86. The van der Waals surface area contributed by atoms with Gasteiger partial charge in [-0.05, 0) is 34.4 Å². The van der Waals surface area contributed by atoms with Crippen LogP contribution in [0, 0.1) is 0 Å². The third-order valence-corrected chi connectivity index (χ3v) is 8.52. The molecule has 0 aliphatic carbocycles. The van der Waals surface area contributed by atoms with Gasteiger partial charge in [-0.15, -0.1) is 0 Å². The topological polar surface area (TPSA) is 30.0 Å². The molecule has 0 N–H and O–H groups in total. The number of nitrogens with zero attached hydrogens (tertiary/aromatic N) is 4. The van der Waals surface area contributed by atoms with E-state index in [9.17, 15) is 4.79 Å². The predicted octanol–water partition coefficient (Wildman–Crippen LogP) is 5.55. The lowest BCUT2D eigenvalue weighted by Gasteiger charge is -2.39. The van der Waals surface area contributed by atoms with Crippen molar-refractivity contribution in [2.45, 2.75) is 19.1 Å². The molecule has 0 radical (unpaired) electrons. The van der Waals surface area contributed by atoms with E-state index in [0.717, 1.165) is 71.0 Å². The molecular formula is C36H40N4O. The molecule has 6 rings (SSSR count). The minimum absolute atomic E-state index is 0.140. The molecule has 4 aromatic carbocycles. The average Bonchev–Trinajstić information content (AvgIpc) is 3.04. The molecule has 2 fully saturated rings. The molecular weight excluding hydrogens is 504 g/mol. The van der Waals surface area contributed by atoms with Crippen LogP contribution in [0.25, 0.3) is 0 Å². The van der Waals surface area contributed by atoms with E-state index in [1.54, 1.807) is 0 Å². The van der Waals surface area contributed by atoms with Crippen LogP contribution in [-0.2, 0) is 13.1 Å². The van der Waals surface area contributed by atoms with Gasteiger partial charge in [-0.25, -0.2) is 0 Å². The minimum Gasteiger partial charge on any atom is -0.336 e. The van der Waals surface area contributed by atoms with E-state index in [2.05, 4.69) is 118 Å². The number of hydrogen-bond donors (Lipinski definition) is 0. The van der Waals surface area contributed by atoms with Gasteiger partial charge in [-0.3, -0.25) is 19.5 Å². The summed E-state index contributed by atoms with van der Waals surface area (Å²) in [5.74, 6) is 0.140. The van der Waals surface area contributed by atoms with Gasteiger partial charge in [0.15, 0.2) is 0 Å². The Bertz CT molecular complexity index is 1320. The molecule has 210 valence electrons. The largest absolute Gasteiger partial charge is 0.336 e. The molecule has 4 aromatic rings. The number of rotatable bonds is 8. The second-order valence-corrected chi connectivity index (χ2v) is 11.3. The molecule has 0 aromatic heterocycles. The minimum atomic E-state index is 0.140. The van der Waals surface area contributed by atoms with Crippen LogP contribution in [-0.4, -0.2) is 77.9 Å². The van der Waals surface area contributed by atoms with Crippen molar-refractivity contribution in [1.29, 1.82) is 0 Å². The molecule has 0 atom stereocenters. The summed E-state index contributed by atoms with van der Waals surface area (Å²) in [7, 11) is 0. The summed E-state index contributed by atoms with van der Waals surface area (Å²) in [5, 5.41) is 0. The van der Waals surface area contributed by atoms with E-state index in [1.165, 1.54) is 22.3 Å². The zero-order valence-corrected chi connectivity index (χ0v) is 23.8. The maximum absolute atomic E-state index is 13.4. The lowest BCUT2D eigenvalue weighted by Crippen LogP contribution is -2.49. The average molecular weight is 545 g/mol. The number of piperazine rings is 2. The van der Waals surface area contributed by atoms with Crippen molar-refractivity contribution >= 4 is 5.91 Å². The molecule has 2 aliphatic rings. The normalized spacial score (nSPS) is 17.1. The Morgan fingerprint density at radius 3 is 1.44 bits per heavy atom. The lowest BCUT2D eigenvalue weighted by molar-refractivity contribution is 0.0597. The standard InChI is InChI=1S/C36H40N4O/c41-36(40-26-24-39(25-27-40)35(32-12-6-2-7-13-32)33-14-8-3-9-15-33)34-18-16-31(17-19-34)29-38-22-20-37(21-23-38)28-30-10-4-1-5-11-30/h1-19,35H,20-29H2. The molecule has 5 heteroatoms. The summed E-state index contributed by atoms with van der Waals surface area (Å²) in [4.78, 5) is 23.0. The molecule has 2 heterocycles. The Morgan fingerprint density at radius 2 is 0.951 bits per heavy atom. The molecule has 1 amide bonds. The van der Waals surface area contributed by atoms with Gasteiger partial charge in [0.25, 0.3) is 5.91 Å². The van der Waals surface area contributed by atoms with Crippen molar-refractivity contribution in [3.05, 3.63) is 143 Å². The van der Waals surface area contributed by atoms with Gasteiger partial charge in [-0.1, -0.05) is 103 Å². The number of amides is 1. The highest BCUT2D eigenvalue weighted by atomic mass is 16.2. The van der Waals surface area contributed by atoms with Crippen LogP contribution >= 0.6 is 0 Å². The van der Waals surface area contributed by atoms with Gasteiger partial charge < -0.3 is 4.90 Å². The van der Waals surface area contributed by atoms with Crippen molar-refractivity contribution in [2.24, 2.45) is 0 Å². The quantitative estimate of drug-likeness (QED) is 0.291. The molecule has 5 nitrogen and oxygen atoms in total. The monoisotopic (exact) mass is 544 g/mol. The van der Waals surface area contributed by atoms with E-state index >= 15 is 0 Å². The van der Waals surface area contributed by atoms with E-state index in [4.69, 9.17) is 0 Å². The highest BCUT2D eigenvalue weighted by molar-refractivity contribution is 5.94. The van der Waals surface area contributed by atoms with Crippen molar-refractivity contribution in [3.63, 3.8) is 0 Å². The first-order valence-corrected chi connectivity index (χ1v) is 14.9. The highest BCUT2D eigenvalue weighted by Gasteiger charge is 2.28. The SMILES string of the molecule is O=C(c1ccc(CN2CCN(Cc3ccccc3)CC2)cc1)N1CCN(C(c2ccccc2)c2ccccc2)CC1. The van der Waals surface area contributed by atoms with Gasteiger partial charge in [0.2, 0.25) is 0 Å². The molecule has 0 unspecified atom stereocenters. The summed E-state index contributed by atoms with van der Waals surface area (Å²) < 4.78 is 0. The van der Waals surface area contributed by atoms with Crippen LogP contribution in [0.3, 0.4) is 0 Å². The number of benzene rings is 4. The lowest BCUT2D eigenvalue weighted by atomic mass is 9.96. The molecule has 41 heavy (non-hydrogen) atoms. The van der Waals surface area contributed by atoms with Gasteiger partial charge in [0.05, 0.1) is 6.04 Å². The van der Waals surface area contributed by atoms with Crippen molar-refractivity contribution in [3.8, 4) is 0 Å². The summed E-state index contributed by atoms with van der Waals surface area (Å²) in [6, 6.07) is 40.7. The molecule has 0 saturated carbocycles. The summed E-state index contributed by atoms with van der Waals surface area (Å²) in [6.45, 7) is 9.48. The van der Waals surface area contributed by atoms with Crippen LogP contribution in [0.2, 0.25) is 0 Å². The molecule has 0 bridgehead atoms. The van der Waals surface area contributed by atoms with Gasteiger partial charge >= 0.3 is 0 Å². The van der Waals surface area contributed by atoms with Gasteiger partial charge in [0.1, 0.15) is 0 Å². The van der Waals surface area contributed by atoms with Crippen molar-refractivity contribution in [1.82, 2.24) is 19.6 Å². The number of carbonyl (C=O) groups is 1. The Balaban J connectivity index is 1.01. The summed E-state index contributed by atoms with van der Waals surface area (Å²) in [5.41, 5.74) is 6.04. The van der Waals surface area contributed by atoms with E-state index in [-0.39, 0.29) is 11.9 Å².